The number of hydrogen-bond acceptors (Lipinski definition) is 5. The lowest BCUT2D eigenvalue weighted by molar-refractivity contribution is -0.117. The van der Waals surface area contributed by atoms with Crippen molar-refractivity contribution in [3.05, 3.63) is 18.2 Å². The molecule has 2 fully saturated rings. The zero-order valence-electron chi connectivity index (χ0n) is 18.5. The Bertz CT molecular complexity index is 831. The van der Waals surface area contributed by atoms with Crippen LogP contribution in [0.2, 0.25) is 0 Å². The van der Waals surface area contributed by atoms with Crippen LogP contribution in [0.25, 0.3) is 5.65 Å². The second-order valence-corrected chi connectivity index (χ2v) is 8.91. The molecule has 30 heavy (non-hydrogen) atoms. The average molecular weight is 413 g/mol. The lowest BCUT2D eigenvalue weighted by atomic mass is 9.93. The first-order valence-electron chi connectivity index (χ1n) is 11.8. The van der Waals surface area contributed by atoms with Crippen LogP contribution in [0.3, 0.4) is 0 Å². The van der Waals surface area contributed by atoms with E-state index < -0.39 is 0 Å². The fraction of sp³-hybridized carbons (Fsp3) is 0.696. The molecule has 1 saturated carbocycles. The summed E-state index contributed by atoms with van der Waals surface area (Å²) < 4.78 is 1.88. The first kappa shape index (κ1) is 21.1. The van der Waals surface area contributed by atoms with Gasteiger partial charge in [-0.2, -0.15) is 9.50 Å². The second-order valence-electron chi connectivity index (χ2n) is 8.91. The quantitative estimate of drug-likeness (QED) is 0.643. The van der Waals surface area contributed by atoms with Crippen molar-refractivity contribution in [3.63, 3.8) is 0 Å². The highest BCUT2D eigenvalue weighted by atomic mass is 16.2. The van der Waals surface area contributed by atoms with Gasteiger partial charge in [-0.3, -0.25) is 10.1 Å². The minimum atomic E-state index is 0.0495. The number of carbonyl (C=O) groups is 1. The number of carbonyl (C=O) groups excluding carboxylic acids is 1. The molecule has 0 aromatic carbocycles. The van der Waals surface area contributed by atoms with Gasteiger partial charge in [0.05, 0.1) is 0 Å². The number of amides is 1. The number of hydrogen-bond donors (Lipinski definition) is 1. The monoisotopic (exact) mass is 412 g/mol. The SMILES string of the molecule is CCCN(CCC)CCC1CCN(c2cccc3nc(NC(=O)C4CC4)nn23)CC1. The molecule has 0 radical (unpaired) electrons. The molecular weight excluding hydrogens is 376 g/mol. The highest BCUT2D eigenvalue weighted by Crippen LogP contribution is 2.30. The summed E-state index contributed by atoms with van der Waals surface area (Å²) in [5.74, 6) is 2.50. The number of pyridine rings is 1. The number of nitrogens with one attached hydrogen (secondary N) is 1. The van der Waals surface area contributed by atoms with Crippen molar-refractivity contribution in [2.75, 3.05) is 42.9 Å². The second kappa shape index (κ2) is 9.77. The van der Waals surface area contributed by atoms with Crippen LogP contribution in [-0.2, 0) is 4.79 Å². The van der Waals surface area contributed by atoms with E-state index >= 15 is 0 Å². The largest absolute Gasteiger partial charge is 0.356 e. The fourth-order valence-corrected chi connectivity index (χ4v) is 4.53. The summed E-state index contributed by atoms with van der Waals surface area (Å²) in [4.78, 5) is 21.6. The third-order valence-corrected chi connectivity index (χ3v) is 6.39. The predicted molar refractivity (Wildman–Crippen MR) is 121 cm³/mol. The first-order valence-corrected chi connectivity index (χ1v) is 11.8. The zero-order chi connectivity index (χ0) is 20.9. The van der Waals surface area contributed by atoms with Crippen molar-refractivity contribution in [3.8, 4) is 0 Å². The molecule has 164 valence electrons. The number of anilines is 2. The molecule has 0 unspecified atom stereocenters. The Morgan fingerprint density at radius 1 is 1.10 bits per heavy atom. The Labute approximate surface area is 179 Å². The molecule has 7 heteroatoms. The summed E-state index contributed by atoms with van der Waals surface area (Å²) in [6.07, 6.45) is 8.19. The van der Waals surface area contributed by atoms with Crippen LogP contribution in [-0.4, -0.2) is 58.1 Å². The van der Waals surface area contributed by atoms with Crippen LogP contribution in [0.15, 0.2) is 18.2 Å². The lowest BCUT2D eigenvalue weighted by Gasteiger charge is -2.34. The number of aromatic nitrogens is 3. The molecule has 1 aliphatic heterocycles. The Morgan fingerprint density at radius 2 is 1.83 bits per heavy atom. The molecule has 0 bridgehead atoms. The summed E-state index contributed by atoms with van der Waals surface area (Å²) in [6.45, 7) is 10.3. The molecule has 4 rings (SSSR count). The molecule has 0 spiro atoms. The van der Waals surface area contributed by atoms with Crippen LogP contribution in [0.5, 0.6) is 0 Å². The standard InChI is InChI=1S/C23H36N6O/c1-3-13-27(14-4-2)15-10-18-11-16-28(17-12-18)21-7-5-6-20-24-23(26-29(20)21)25-22(30)19-8-9-19/h5-7,18-19H,3-4,8-17H2,1-2H3,(H,25,26,30). The predicted octanol–water partition coefficient (Wildman–Crippen LogP) is 3.81. The van der Waals surface area contributed by atoms with Gasteiger partial charge in [0.1, 0.15) is 5.82 Å². The van der Waals surface area contributed by atoms with E-state index in [-0.39, 0.29) is 11.8 Å². The maximum Gasteiger partial charge on any atom is 0.249 e. The van der Waals surface area contributed by atoms with E-state index in [1.54, 1.807) is 0 Å². The van der Waals surface area contributed by atoms with Gasteiger partial charge in [0.2, 0.25) is 11.9 Å². The topological polar surface area (TPSA) is 65.8 Å². The zero-order valence-corrected chi connectivity index (χ0v) is 18.5. The Kier molecular flexibility index (Phi) is 6.87. The van der Waals surface area contributed by atoms with Gasteiger partial charge in [-0.1, -0.05) is 19.9 Å². The third-order valence-electron chi connectivity index (χ3n) is 6.39. The molecule has 2 aromatic rings. The summed E-state index contributed by atoms with van der Waals surface area (Å²) in [5, 5.41) is 7.46. The highest BCUT2D eigenvalue weighted by molar-refractivity contribution is 5.92. The van der Waals surface area contributed by atoms with E-state index in [1.807, 2.05) is 16.6 Å². The van der Waals surface area contributed by atoms with Crippen molar-refractivity contribution in [1.82, 2.24) is 19.5 Å². The summed E-state index contributed by atoms with van der Waals surface area (Å²) in [7, 11) is 0. The van der Waals surface area contributed by atoms with Gasteiger partial charge in [-0.15, -0.1) is 5.10 Å². The van der Waals surface area contributed by atoms with Crippen LogP contribution < -0.4 is 10.2 Å². The van der Waals surface area contributed by atoms with Crippen molar-refractivity contribution in [2.24, 2.45) is 11.8 Å². The number of nitrogens with zero attached hydrogens (tertiary/aromatic N) is 5. The van der Waals surface area contributed by atoms with Gasteiger partial charge in [-0.25, -0.2) is 0 Å². The lowest BCUT2D eigenvalue weighted by Crippen LogP contribution is -2.36. The maximum atomic E-state index is 12.1. The Hall–Kier alpha value is -2.15. The third kappa shape index (κ3) is 5.12. The van der Waals surface area contributed by atoms with Gasteiger partial charge in [0, 0.05) is 19.0 Å². The molecule has 1 aliphatic carbocycles. The van der Waals surface area contributed by atoms with Crippen molar-refractivity contribution < 1.29 is 4.79 Å². The van der Waals surface area contributed by atoms with Crippen molar-refractivity contribution >= 4 is 23.3 Å². The number of piperidine rings is 1. The molecule has 1 saturated heterocycles. The molecular formula is C23H36N6O. The van der Waals surface area contributed by atoms with E-state index in [0.717, 1.165) is 43.3 Å². The van der Waals surface area contributed by atoms with Crippen molar-refractivity contribution in [1.29, 1.82) is 0 Å². The Morgan fingerprint density at radius 3 is 2.50 bits per heavy atom. The van der Waals surface area contributed by atoms with Gasteiger partial charge in [-0.05, 0) is 82.6 Å². The van der Waals surface area contributed by atoms with Gasteiger partial charge < -0.3 is 9.80 Å². The van der Waals surface area contributed by atoms with Crippen LogP contribution in [0, 0.1) is 11.8 Å². The summed E-state index contributed by atoms with van der Waals surface area (Å²) in [5.41, 5.74) is 0.787. The number of rotatable bonds is 10. The molecule has 0 atom stereocenters. The molecule has 7 nitrogen and oxygen atoms in total. The van der Waals surface area contributed by atoms with Crippen LogP contribution in [0.1, 0.15) is 58.8 Å². The summed E-state index contributed by atoms with van der Waals surface area (Å²) >= 11 is 0. The van der Waals surface area contributed by atoms with Gasteiger partial charge in [0.25, 0.3) is 0 Å². The van der Waals surface area contributed by atoms with Gasteiger partial charge >= 0.3 is 0 Å². The van der Waals surface area contributed by atoms with E-state index in [2.05, 4.69) is 45.1 Å². The molecule has 2 aromatic heterocycles. The molecule has 1 amide bonds. The molecule has 3 heterocycles. The van der Waals surface area contributed by atoms with E-state index in [1.165, 1.54) is 51.7 Å². The smallest absolute Gasteiger partial charge is 0.249 e. The van der Waals surface area contributed by atoms with Gasteiger partial charge in [0.15, 0.2) is 5.65 Å². The fourth-order valence-electron chi connectivity index (χ4n) is 4.53. The van der Waals surface area contributed by atoms with E-state index in [9.17, 15) is 4.79 Å². The molecule has 1 N–H and O–H groups in total. The first-order chi connectivity index (χ1) is 14.7. The van der Waals surface area contributed by atoms with Crippen LogP contribution in [0.4, 0.5) is 11.8 Å². The van der Waals surface area contributed by atoms with Crippen LogP contribution >= 0.6 is 0 Å². The minimum absolute atomic E-state index is 0.0495. The normalized spacial score (nSPS) is 17.8. The van der Waals surface area contributed by atoms with E-state index in [0.29, 0.717) is 5.95 Å². The van der Waals surface area contributed by atoms with Crippen molar-refractivity contribution in [2.45, 2.75) is 58.8 Å². The minimum Gasteiger partial charge on any atom is -0.356 e. The van der Waals surface area contributed by atoms with E-state index in [4.69, 9.17) is 0 Å². The maximum absolute atomic E-state index is 12.1. The number of fused-ring (bicyclic) bond motifs is 1. The average Bonchev–Trinajstić information content (AvgIpc) is 3.53. The summed E-state index contributed by atoms with van der Waals surface area (Å²) in [6, 6.07) is 6.09. The highest BCUT2D eigenvalue weighted by Gasteiger charge is 2.30. The Balaban J connectivity index is 1.34. The molecule has 2 aliphatic rings.